The number of sulfone groups is 1. The number of halogens is 1. The highest BCUT2D eigenvalue weighted by Crippen LogP contribution is 2.41. The molecule has 1 atom stereocenters. The maximum absolute atomic E-state index is 13.9. The van der Waals surface area contributed by atoms with Gasteiger partial charge in [-0.1, -0.05) is 18.2 Å². The summed E-state index contributed by atoms with van der Waals surface area (Å²) >= 11 is 0. The van der Waals surface area contributed by atoms with Crippen molar-refractivity contribution in [2.75, 3.05) is 27.3 Å². The average Bonchev–Trinajstić information content (AvgIpc) is 2.99. The second kappa shape index (κ2) is 8.55. The van der Waals surface area contributed by atoms with Gasteiger partial charge in [0.2, 0.25) is 0 Å². The van der Waals surface area contributed by atoms with E-state index in [1.807, 2.05) is 12.1 Å². The van der Waals surface area contributed by atoms with Crippen molar-refractivity contribution in [2.45, 2.75) is 42.4 Å². The van der Waals surface area contributed by atoms with Gasteiger partial charge in [0.1, 0.15) is 5.82 Å². The fourth-order valence-electron chi connectivity index (χ4n) is 4.69. The van der Waals surface area contributed by atoms with E-state index in [-0.39, 0.29) is 5.82 Å². The molecule has 0 spiro atoms. The molecule has 2 aliphatic heterocycles. The summed E-state index contributed by atoms with van der Waals surface area (Å²) in [5.41, 5.74) is 1.53. The van der Waals surface area contributed by atoms with E-state index in [1.54, 1.807) is 25.3 Å². The lowest BCUT2D eigenvalue weighted by atomic mass is 9.90. The van der Waals surface area contributed by atoms with Crippen LogP contribution >= 0.6 is 0 Å². The number of nitrogens with zero attached hydrogens (tertiary/aromatic N) is 1. The third-order valence-corrected chi connectivity index (χ3v) is 8.64. The van der Waals surface area contributed by atoms with Crippen LogP contribution in [0.5, 0.6) is 11.5 Å². The minimum Gasteiger partial charge on any atom is -0.493 e. The molecular weight excluding hydrogens is 405 g/mol. The Morgan fingerprint density at radius 3 is 2.40 bits per heavy atom. The number of ether oxygens (including phenoxy) is 2. The van der Waals surface area contributed by atoms with Crippen molar-refractivity contribution in [3.05, 3.63) is 53.3 Å². The summed E-state index contributed by atoms with van der Waals surface area (Å²) < 4.78 is 50.8. The number of rotatable bonds is 6. The van der Waals surface area contributed by atoms with Crippen molar-refractivity contribution in [1.29, 1.82) is 0 Å². The number of benzene rings is 2. The van der Waals surface area contributed by atoms with Crippen molar-refractivity contribution in [3.8, 4) is 11.5 Å². The Bertz CT molecular complexity index is 1020. The number of hydrogen-bond donors (Lipinski definition) is 0. The molecule has 2 aliphatic rings. The van der Waals surface area contributed by atoms with Gasteiger partial charge in [-0.3, -0.25) is 4.90 Å². The topological polar surface area (TPSA) is 55.8 Å². The molecule has 2 aromatic rings. The molecule has 0 bridgehead atoms. The van der Waals surface area contributed by atoms with Gasteiger partial charge >= 0.3 is 0 Å². The number of hydrogen-bond acceptors (Lipinski definition) is 5. The zero-order chi connectivity index (χ0) is 21.3. The molecule has 5 nitrogen and oxygen atoms in total. The highest BCUT2D eigenvalue weighted by Gasteiger charge is 2.39. The fraction of sp³-hybridized carbons (Fsp3) is 0.478. The Labute approximate surface area is 177 Å². The Kier molecular flexibility index (Phi) is 6.02. The van der Waals surface area contributed by atoms with Crippen LogP contribution in [-0.2, 0) is 22.8 Å². The summed E-state index contributed by atoms with van der Waals surface area (Å²) in [6.07, 6.45) is 3.05. The van der Waals surface area contributed by atoms with E-state index < -0.39 is 15.1 Å². The molecule has 7 heteroatoms. The molecule has 0 aliphatic carbocycles. The lowest BCUT2D eigenvalue weighted by Crippen LogP contribution is -2.35. The number of methoxy groups -OCH3 is 2. The Hall–Kier alpha value is -2.12. The third kappa shape index (κ3) is 4.05. The van der Waals surface area contributed by atoms with Crippen molar-refractivity contribution in [3.63, 3.8) is 0 Å². The average molecular weight is 434 g/mol. The smallest absolute Gasteiger partial charge is 0.181 e. The molecular formula is C23H28FNO4S. The quantitative estimate of drug-likeness (QED) is 0.693. The maximum Gasteiger partial charge on any atom is 0.181 e. The predicted octanol–water partition coefficient (Wildman–Crippen LogP) is 3.84. The molecule has 0 radical (unpaired) electrons. The van der Waals surface area contributed by atoms with Crippen LogP contribution in [0, 0.1) is 11.7 Å². The first kappa shape index (κ1) is 21.1. The van der Waals surface area contributed by atoms with Gasteiger partial charge < -0.3 is 9.47 Å². The van der Waals surface area contributed by atoms with Crippen molar-refractivity contribution in [2.24, 2.45) is 5.92 Å². The molecule has 0 saturated carbocycles. The van der Waals surface area contributed by atoms with Gasteiger partial charge in [-0.15, -0.1) is 0 Å². The molecule has 4 rings (SSSR count). The van der Waals surface area contributed by atoms with Crippen LogP contribution in [0.2, 0.25) is 0 Å². The molecule has 1 saturated heterocycles. The second-order valence-corrected chi connectivity index (χ2v) is 10.4. The molecule has 2 aromatic carbocycles. The number of likely N-dealkylation sites (tertiary alicyclic amines) is 1. The summed E-state index contributed by atoms with van der Waals surface area (Å²) in [6, 6.07) is 10.3. The molecule has 0 aromatic heterocycles. The highest BCUT2D eigenvalue weighted by atomic mass is 32.2. The standard InChI is InChI=1S/C23H28FNO4S/c1-28-21-13-18-12-19(30(26,27)23(18)14-22(21)29-2)11-16-7-9-25(10-8-16)15-17-5-3-4-6-20(17)24/h3-6,13-14,16,19H,7-12,15H2,1-2H3. The summed E-state index contributed by atoms with van der Waals surface area (Å²) in [5.74, 6) is 1.20. The first-order chi connectivity index (χ1) is 14.4. The largest absolute Gasteiger partial charge is 0.493 e. The number of fused-ring (bicyclic) bond motifs is 1. The van der Waals surface area contributed by atoms with Gasteiger partial charge in [0.25, 0.3) is 0 Å². The van der Waals surface area contributed by atoms with E-state index in [4.69, 9.17) is 9.47 Å². The minimum absolute atomic E-state index is 0.166. The monoisotopic (exact) mass is 433 g/mol. The predicted molar refractivity (Wildman–Crippen MR) is 113 cm³/mol. The molecule has 0 amide bonds. The van der Waals surface area contributed by atoms with Gasteiger partial charge in [0, 0.05) is 18.2 Å². The Morgan fingerprint density at radius 1 is 1.07 bits per heavy atom. The van der Waals surface area contributed by atoms with Gasteiger partial charge in [0.05, 0.1) is 24.4 Å². The third-order valence-electron chi connectivity index (χ3n) is 6.41. The highest BCUT2D eigenvalue weighted by molar-refractivity contribution is 7.92. The maximum atomic E-state index is 13.9. The van der Waals surface area contributed by atoms with Gasteiger partial charge in [0.15, 0.2) is 21.3 Å². The fourth-order valence-corrected chi connectivity index (χ4v) is 6.75. The van der Waals surface area contributed by atoms with E-state index in [0.717, 1.165) is 31.5 Å². The normalized spacial score (nSPS) is 21.4. The molecule has 30 heavy (non-hydrogen) atoms. The van der Waals surface area contributed by atoms with Gasteiger partial charge in [-0.2, -0.15) is 0 Å². The van der Waals surface area contributed by atoms with E-state index in [1.165, 1.54) is 13.2 Å². The molecule has 1 fully saturated rings. The summed E-state index contributed by atoms with van der Waals surface area (Å²) in [5, 5.41) is -0.396. The minimum atomic E-state index is -3.37. The van der Waals surface area contributed by atoms with Crippen LogP contribution in [0.3, 0.4) is 0 Å². The Balaban J connectivity index is 1.39. The molecule has 1 unspecified atom stereocenters. The van der Waals surface area contributed by atoms with Crippen molar-refractivity contribution >= 4 is 9.84 Å². The Morgan fingerprint density at radius 2 is 1.73 bits per heavy atom. The van der Waals surface area contributed by atoms with Crippen LogP contribution in [0.25, 0.3) is 0 Å². The van der Waals surface area contributed by atoms with E-state index in [2.05, 4.69) is 4.90 Å². The van der Waals surface area contributed by atoms with E-state index >= 15 is 0 Å². The summed E-state index contributed by atoms with van der Waals surface area (Å²) in [4.78, 5) is 2.63. The molecule has 162 valence electrons. The molecule has 2 heterocycles. The van der Waals surface area contributed by atoms with E-state index in [9.17, 15) is 12.8 Å². The first-order valence-corrected chi connectivity index (χ1v) is 11.9. The van der Waals surface area contributed by atoms with E-state index in [0.29, 0.717) is 47.3 Å². The zero-order valence-corrected chi connectivity index (χ0v) is 18.3. The summed E-state index contributed by atoms with van der Waals surface area (Å²) in [6.45, 7) is 2.33. The van der Waals surface area contributed by atoms with Gasteiger partial charge in [-0.05, 0) is 62.4 Å². The summed E-state index contributed by atoms with van der Waals surface area (Å²) in [7, 11) is -0.302. The second-order valence-electron chi connectivity index (χ2n) is 8.23. The molecule has 0 N–H and O–H groups in total. The van der Waals surface area contributed by atoms with Crippen LogP contribution in [0.15, 0.2) is 41.3 Å². The van der Waals surface area contributed by atoms with Crippen molar-refractivity contribution < 1.29 is 22.3 Å². The van der Waals surface area contributed by atoms with Crippen LogP contribution in [0.4, 0.5) is 4.39 Å². The van der Waals surface area contributed by atoms with Crippen LogP contribution in [-0.4, -0.2) is 45.9 Å². The lowest BCUT2D eigenvalue weighted by Gasteiger charge is -2.33. The number of piperidine rings is 1. The van der Waals surface area contributed by atoms with Gasteiger partial charge in [-0.25, -0.2) is 12.8 Å². The van der Waals surface area contributed by atoms with Crippen molar-refractivity contribution in [1.82, 2.24) is 4.90 Å². The SMILES string of the molecule is COc1cc2c(cc1OC)S(=O)(=O)C(CC1CCN(Cc3ccccc3F)CC1)C2. The first-order valence-electron chi connectivity index (χ1n) is 10.4. The van der Waals surface area contributed by atoms with Crippen LogP contribution < -0.4 is 9.47 Å². The zero-order valence-electron chi connectivity index (χ0n) is 17.4. The van der Waals surface area contributed by atoms with Crippen LogP contribution in [0.1, 0.15) is 30.4 Å². The lowest BCUT2D eigenvalue weighted by molar-refractivity contribution is 0.170.